The van der Waals surface area contributed by atoms with E-state index in [-0.39, 0.29) is 11.6 Å². The van der Waals surface area contributed by atoms with Crippen LogP contribution in [-0.2, 0) is 6.42 Å². The van der Waals surface area contributed by atoms with Gasteiger partial charge in [0.15, 0.2) is 16.3 Å². The first-order valence-electron chi connectivity index (χ1n) is 5.89. The standard InChI is InChI=1S/C13H15FN2OS/c1-3-9-8-15-13(18)16(9)10-5-6-12(17-4-2)11(14)7-10/h5-8H,3-4H2,1-2H3,(H,15,18). The van der Waals surface area contributed by atoms with E-state index in [1.54, 1.807) is 12.1 Å². The zero-order valence-electron chi connectivity index (χ0n) is 10.4. The molecule has 1 aromatic carbocycles. The molecule has 0 saturated carbocycles. The minimum absolute atomic E-state index is 0.265. The van der Waals surface area contributed by atoms with Crippen molar-refractivity contribution in [1.29, 1.82) is 0 Å². The molecule has 1 N–H and O–H groups in total. The third-order valence-corrected chi connectivity index (χ3v) is 2.99. The number of rotatable bonds is 4. The van der Waals surface area contributed by atoms with Crippen molar-refractivity contribution >= 4 is 12.2 Å². The maximum Gasteiger partial charge on any atom is 0.182 e. The largest absolute Gasteiger partial charge is 0.491 e. The summed E-state index contributed by atoms with van der Waals surface area (Å²) < 4.78 is 21.4. The molecule has 0 atom stereocenters. The van der Waals surface area contributed by atoms with Crippen LogP contribution < -0.4 is 4.74 Å². The van der Waals surface area contributed by atoms with E-state index in [9.17, 15) is 4.39 Å². The van der Waals surface area contributed by atoms with Gasteiger partial charge in [0.1, 0.15) is 0 Å². The smallest absolute Gasteiger partial charge is 0.182 e. The highest BCUT2D eigenvalue weighted by atomic mass is 32.1. The normalized spacial score (nSPS) is 10.6. The van der Waals surface area contributed by atoms with Crippen LogP contribution in [0.15, 0.2) is 24.4 Å². The maximum absolute atomic E-state index is 13.8. The third-order valence-electron chi connectivity index (χ3n) is 2.69. The number of nitrogens with one attached hydrogen (secondary N) is 1. The second kappa shape index (κ2) is 5.35. The summed E-state index contributed by atoms with van der Waals surface area (Å²) >= 11 is 5.20. The van der Waals surface area contributed by atoms with Crippen LogP contribution in [0.3, 0.4) is 0 Å². The average molecular weight is 266 g/mol. The molecule has 0 aliphatic heterocycles. The van der Waals surface area contributed by atoms with Crippen LogP contribution in [0.25, 0.3) is 5.69 Å². The molecule has 0 unspecified atom stereocenters. The molecule has 0 amide bonds. The second-order valence-corrected chi connectivity index (χ2v) is 4.21. The van der Waals surface area contributed by atoms with Crippen LogP contribution in [0.5, 0.6) is 5.75 Å². The lowest BCUT2D eigenvalue weighted by Gasteiger charge is -2.09. The van der Waals surface area contributed by atoms with Gasteiger partial charge in [-0.1, -0.05) is 6.92 Å². The van der Waals surface area contributed by atoms with Crippen molar-refractivity contribution in [3.05, 3.63) is 40.7 Å². The van der Waals surface area contributed by atoms with E-state index in [1.165, 1.54) is 6.07 Å². The summed E-state index contributed by atoms with van der Waals surface area (Å²) in [7, 11) is 0. The van der Waals surface area contributed by atoms with Gasteiger partial charge < -0.3 is 9.72 Å². The van der Waals surface area contributed by atoms with Gasteiger partial charge in [-0.25, -0.2) is 4.39 Å². The van der Waals surface area contributed by atoms with Gasteiger partial charge in [0.05, 0.1) is 12.3 Å². The van der Waals surface area contributed by atoms with Crippen molar-refractivity contribution < 1.29 is 9.13 Å². The highest BCUT2D eigenvalue weighted by molar-refractivity contribution is 7.71. The van der Waals surface area contributed by atoms with Crippen molar-refractivity contribution in [2.24, 2.45) is 0 Å². The van der Waals surface area contributed by atoms with Crippen LogP contribution in [0, 0.1) is 10.6 Å². The first-order valence-corrected chi connectivity index (χ1v) is 6.30. The molecule has 1 heterocycles. The van der Waals surface area contributed by atoms with E-state index in [2.05, 4.69) is 4.98 Å². The molecule has 5 heteroatoms. The molecule has 0 spiro atoms. The third kappa shape index (κ3) is 2.31. The average Bonchev–Trinajstić information content (AvgIpc) is 2.73. The second-order valence-electron chi connectivity index (χ2n) is 3.82. The van der Waals surface area contributed by atoms with E-state index in [0.717, 1.165) is 12.1 Å². The van der Waals surface area contributed by atoms with Gasteiger partial charge in [0.25, 0.3) is 0 Å². The van der Waals surface area contributed by atoms with E-state index in [1.807, 2.05) is 24.6 Å². The fourth-order valence-corrected chi connectivity index (χ4v) is 2.13. The Morgan fingerprint density at radius 2 is 2.17 bits per heavy atom. The number of benzene rings is 1. The minimum atomic E-state index is -0.375. The first kappa shape index (κ1) is 12.8. The predicted octanol–water partition coefficient (Wildman–Crippen LogP) is 3.64. The molecule has 18 heavy (non-hydrogen) atoms. The van der Waals surface area contributed by atoms with Crippen molar-refractivity contribution in [2.45, 2.75) is 20.3 Å². The monoisotopic (exact) mass is 266 g/mol. The first-order chi connectivity index (χ1) is 8.67. The lowest BCUT2D eigenvalue weighted by atomic mass is 10.2. The molecule has 0 saturated heterocycles. The number of aryl methyl sites for hydroxylation is 1. The molecule has 0 aliphatic rings. The Balaban J connectivity index is 2.48. The van der Waals surface area contributed by atoms with Crippen LogP contribution in [-0.4, -0.2) is 16.2 Å². The predicted molar refractivity (Wildman–Crippen MR) is 71.5 cm³/mol. The number of ether oxygens (including phenoxy) is 1. The van der Waals surface area contributed by atoms with Crippen molar-refractivity contribution in [2.75, 3.05) is 6.61 Å². The van der Waals surface area contributed by atoms with Crippen LogP contribution in [0.1, 0.15) is 19.5 Å². The van der Waals surface area contributed by atoms with Gasteiger partial charge in [-0.15, -0.1) is 0 Å². The number of H-pyrrole nitrogens is 1. The minimum Gasteiger partial charge on any atom is -0.491 e. The molecule has 0 bridgehead atoms. The number of nitrogens with zero attached hydrogens (tertiary/aromatic N) is 1. The van der Waals surface area contributed by atoms with Crippen molar-refractivity contribution in [1.82, 2.24) is 9.55 Å². The lowest BCUT2D eigenvalue weighted by molar-refractivity contribution is 0.321. The summed E-state index contributed by atoms with van der Waals surface area (Å²) in [6.07, 6.45) is 2.67. The summed E-state index contributed by atoms with van der Waals surface area (Å²) in [6.45, 7) is 4.30. The summed E-state index contributed by atoms with van der Waals surface area (Å²) in [6, 6.07) is 4.87. The molecule has 0 radical (unpaired) electrons. The topological polar surface area (TPSA) is 29.9 Å². The van der Waals surface area contributed by atoms with Gasteiger partial charge in [0, 0.05) is 18.0 Å². The Labute approximate surface area is 110 Å². The zero-order valence-corrected chi connectivity index (χ0v) is 11.2. The Bertz CT molecular complexity index is 603. The molecule has 0 fully saturated rings. The van der Waals surface area contributed by atoms with Crippen LogP contribution in [0.4, 0.5) is 4.39 Å². The fraction of sp³-hybridized carbons (Fsp3) is 0.308. The summed E-state index contributed by atoms with van der Waals surface area (Å²) in [4.78, 5) is 2.97. The number of imidazole rings is 1. The van der Waals surface area contributed by atoms with Gasteiger partial charge in [-0.05, 0) is 37.7 Å². The highest BCUT2D eigenvalue weighted by Crippen LogP contribution is 2.22. The van der Waals surface area contributed by atoms with E-state index in [0.29, 0.717) is 17.1 Å². The molecule has 2 rings (SSSR count). The van der Waals surface area contributed by atoms with Crippen molar-refractivity contribution in [3.63, 3.8) is 0 Å². The SMILES string of the molecule is CCOc1ccc(-n2c(CC)c[nH]c2=S)cc1F. The van der Waals surface area contributed by atoms with Crippen LogP contribution >= 0.6 is 12.2 Å². The van der Waals surface area contributed by atoms with E-state index in [4.69, 9.17) is 17.0 Å². The zero-order chi connectivity index (χ0) is 13.1. The molecule has 96 valence electrons. The fourth-order valence-electron chi connectivity index (χ4n) is 1.85. The molecule has 2 aromatic rings. The van der Waals surface area contributed by atoms with E-state index < -0.39 is 0 Å². The Kier molecular flexibility index (Phi) is 3.81. The Morgan fingerprint density at radius 3 is 2.78 bits per heavy atom. The van der Waals surface area contributed by atoms with Gasteiger partial charge in [0.2, 0.25) is 0 Å². The Morgan fingerprint density at radius 1 is 1.39 bits per heavy atom. The number of aromatic amines is 1. The number of aromatic nitrogens is 2. The van der Waals surface area contributed by atoms with E-state index >= 15 is 0 Å². The number of halogens is 1. The molecule has 0 aliphatic carbocycles. The van der Waals surface area contributed by atoms with Crippen LogP contribution in [0.2, 0.25) is 0 Å². The van der Waals surface area contributed by atoms with Gasteiger partial charge in [-0.2, -0.15) is 0 Å². The van der Waals surface area contributed by atoms with Crippen molar-refractivity contribution in [3.8, 4) is 11.4 Å². The van der Waals surface area contributed by atoms with Gasteiger partial charge in [-0.3, -0.25) is 4.57 Å². The maximum atomic E-state index is 13.8. The summed E-state index contributed by atoms with van der Waals surface area (Å²) in [5.74, 6) is -0.110. The summed E-state index contributed by atoms with van der Waals surface area (Å²) in [5, 5.41) is 0. The molecular weight excluding hydrogens is 251 g/mol. The molecule has 3 nitrogen and oxygen atoms in total. The number of hydrogen-bond acceptors (Lipinski definition) is 2. The number of hydrogen-bond donors (Lipinski definition) is 1. The molecular formula is C13H15FN2OS. The highest BCUT2D eigenvalue weighted by Gasteiger charge is 2.09. The lowest BCUT2D eigenvalue weighted by Crippen LogP contribution is -2.01. The quantitative estimate of drug-likeness (QED) is 0.856. The Hall–Kier alpha value is -1.62. The summed E-state index contributed by atoms with van der Waals surface area (Å²) in [5.41, 5.74) is 1.72. The molecule has 1 aromatic heterocycles. The van der Waals surface area contributed by atoms with Gasteiger partial charge >= 0.3 is 0 Å².